The van der Waals surface area contributed by atoms with Crippen molar-refractivity contribution in [3.05, 3.63) is 71.4 Å². The van der Waals surface area contributed by atoms with Gasteiger partial charge in [0.05, 0.1) is 6.42 Å². The van der Waals surface area contributed by atoms with Crippen LogP contribution in [0, 0.1) is 6.92 Å². The summed E-state index contributed by atoms with van der Waals surface area (Å²) in [5, 5.41) is 1.27. The maximum Gasteiger partial charge on any atom is 0.226 e. The van der Waals surface area contributed by atoms with Crippen molar-refractivity contribution in [1.82, 2.24) is 9.88 Å². The van der Waals surface area contributed by atoms with E-state index in [4.69, 9.17) is 0 Å². The van der Waals surface area contributed by atoms with E-state index in [1.54, 1.807) is 0 Å². The normalized spacial score (nSPS) is 15.6. The first-order valence-corrected chi connectivity index (χ1v) is 9.10. The lowest BCUT2D eigenvalue weighted by Gasteiger charge is -2.31. The summed E-state index contributed by atoms with van der Waals surface area (Å²) >= 11 is 0. The molecule has 1 aliphatic rings. The van der Waals surface area contributed by atoms with Gasteiger partial charge in [-0.25, -0.2) is 0 Å². The van der Waals surface area contributed by atoms with Crippen LogP contribution >= 0.6 is 0 Å². The smallest absolute Gasteiger partial charge is 0.226 e. The van der Waals surface area contributed by atoms with Gasteiger partial charge < -0.3 is 9.88 Å². The molecule has 2 heterocycles. The molecular formula is C22H24N2O. The van der Waals surface area contributed by atoms with Crippen molar-refractivity contribution in [2.75, 3.05) is 13.1 Å². The summed E-state index contributed by atoms with van der Waals surface area (Å²) in [5.41, 5.74) is 4.85. The Hall–Kier alpha value is -2.55. The number of nitrogens with one attached hydrogen (secondary N) is 1. The molecule has 25 heavy (non-hydrogen) atoms. The number of carbonyl (C=O) groups excluding carboxylic acids is 1. The van der Waals surface area contributed by atoms with Crippen LogP contribution < -0.4 is 0 Å². The molecule has 0 aliphatic carbocycles. The van der Waals surface area contributed by atoms with Gasteiger partial charge in [0.1, 0.15) is 0 Å². The number of benzene rings is 2. The quantitative estimate of drug-likeness (QED) is 0.757. The molecule has 3 nitrogen and oxygen atoms in total. The fourth-order valence-corrected chi connectivity index (χ4v) is 3.75. The highest BCUT2D eigenvalue weighted by atomic mass is 16.2. The molecule has 3 aromatic rings. The van der Waals surface area contributed by atoms with Crippen LogP contribution in [0.15, 0.2) is 54.6 Å². The molecule has 0 unspecified atom stereocenters. The molecule has 0 atom stereocenters. The monoisotopic (exact) mass is 332 g/mol. The van der Waals surface area contributed by atoms with Crippen molar-refractivity contribution < 1.29 is 4.79 Å². The molecule has 3 heteroatoms. The lowest BCUT2D eigenvalue weighted by atomic mass is 9.93. The number of likely N-dealkylation sites (tertiary alicyclic amines) is 1. The van der Waals surface area contributed by atoms with Gasteiger partial charge in [0, 0.05) is 30.2 Å². The number of carbonyl (C=O) groups is 1. The molecule has 1 saturated heterocycles. The van der Waals surface area contributed by atoms with Gasteiger partial charge >= 0.3 is 0 Å². The molecule has 0 bridgehead atoms. The zero-order chi connectivity index (χ0) is 17.2. The number of nitrogens with zero attached hydrogens (tertiary/aromatic N) is 1. The van der Waals surface area contributed by atoms with E-state index in [-0.39, 0.29) is 5.91 Å². The predicted molar refractivity (Wildman–Crippen MR) is 102 cm³/mol. The Balaban J connectivity index is 1.37. The molecule has 0 radical (unpaired) electrons. The van der Waals surface area contributed by atoms with Gasteiger partial charge in [0.25, 0.3) is 0 Å². The largest absolute Gasteiger partial charge is 0.358 e. The van der Waals surface area contributed by atoms with Crippen LogP contribution in [0.3, 0.4) is 0 Å². The zero-order valence-electron chi connectivity index (χ0n) is 14.7. The number of amides is 1. The van der Waals surface area contributed by atoms with E-state index < -0.39 is 0 Å². The Morgan fingerprint density at radius 3 is 2.52 bits per heavy atom. The third kappa shape index (κ3) is 3.46. The summed E-state index contributed by atoms with van der Waals surface area (Å²) in [4.78, 5) is 18.1. The molecule has 0 spiro atoms. The SMILES string of the molecule is Cc1ccc(CC(=O)N2CCC(c3cc4ccccc4[nH]3)CC2)cc1. The standard InChI is InChI=1S/C22H24N2O/c1-16-6-8-17(9-7-16)14-22(25)24-12-10-18(11-13-24)21-15-19-4-2-3-5-20(19)23-21/h2-9,15,18,23H,10-14H2,1H3. The second-order valence-corrected chi connectivity index (χ2v) is 7.13. The van der Waals surface area contributed by atoms with Crippen molar-refractivity contribution in [2.24, 2.45) is 0 Å². The Morgan fingerprint density at radius 1 is 1.08 bits per heavy atom. The van der Waals surface area contributed by atoms with Gasteiger partial charge in [-0.2, -0.15) is 0 Å². The maximum absolute atomic E-state index is 12.6. The minimum absolute atomic E-state index is 0.249. The summed E-state index contributed by atoms with van der Waals surface area (Å²) in [5.74, 6) is 0.773. The summed E-state index contributed by atoms with van der Waals surface area (Å²) in [6, 6.07) is 18.9. The van der Waals surface area contributed by atoms with Crippen molar-refractivity contribution >= 4 is 16.8 Å². The Bertz CT molecular complexity index is 837. The minimum atomic E-state index is 0.249. The highest BCUT2D eigenvalue weighted by Gasteiger charge is 2.24. The Labute approximate surface area is 148 Å². The van der Waals surface area contributed by atoms with E-state index in [1.165, 1.54) is 22.2 Å². The van der Waals surface area contributed by atoms with E-state index in [1.807, 2.05) is 4.90 Å². The lowest BCUT2D eigenvalue weighted by Crippen LogP contribution is -2.38. The summed E-state index contributed by atoms with van der Waals surface area (Å²) in [6.45, 7) is 3.77. The van der Waals surface area contributed by atoms with Crippen LogP contribution in [-0.2, 0) is 11.2 Å². The summed E-state index contributed by atoms with van der Waals surface area (Å²) < 4.78 is 0. The van der Waals surface area contributed by atoms with Crippen LogP contribution in [0.25, 0.3) is 10.9 Å². The Kier molecular flexibility index (Phi) is 4.31. The third-order valence-corrected chi connectivity index (χ3v) is 5.31. The van der Waals surface area contributed by atoms with Crippen molar-refractivity contribution in [1.29, 1.82) is 0 Å². The number of rotatable bonds is 3. The molecule has 4 rings (SSSR count). The number of aryl methyl sites for hydroxylation is 1. The van der Waals surface area contributed by atoms with E-state index in [9.17, 15) is 4.79 Å². The molecule has 1 aliphatic heterocycles. The number of aromatic nitrogens is 1. The molecule has 1 fully saturated rings. The Morgan fingerprint density at radius 2 is 1.80 bits per heavy atom. The number of piperidine rings is 1. The van der Waals surface area contributed by atoms with Crippen molar-refractivity contribution in [3.8, 4) is 0 Å². The zero-order valence-corrected chi connectivity index (χ0v) is 14.7. The van der Waals surface area contributed by atoms with E-state index in [0.29, 0.717) is 12.3 Å². The van der Waals surface area contributed by atoms with Crippen LogP contribution in [0.4, 0.5) is 0 Å². The summed E-state index contributed by atoms with van der Waals surface area (Å²) in [7, 11) is 0. The van der Waals surface area contributed by atoms with Gasteiger partial charge in [0.2, 0.25) is 5.91 Å². The van der Waals surface area contributed by atoms with Crippen LogP contribution in [0.1, 0.15) is 35.6 Å². The van der Waals surface area contributed by atoms with Crippen molar-refractivity contribution in [3.63, 3.8) is 0 Å². The topological polar surface area (TPSA) is 36.1 Å². The predicted octanol–water partition coefficient (Wildman–Crippen LogP) is 4.43. The van der Waals surface area contributed by atoms with Gasteiger partial charge in [-0.3, -0.25) is 4.79 Å². The molecule has 128 valence electrons. The van der Waals surface area contributed by atoms with Gasteiger partial charge in [-0.1, -0.05) is 48.0 Å². The number of hydrogen-bond acceptors (Lipinski definition) is 1. The second-order valence-electron chi connectivity index (χ2n) is 7.13. The van der Waals surface area contributed by atoms with Gasteiger partial charge in [-0.15, -0.1) is 0 Å². The fourth-order valence-electron chi connectivity index (χ4n) is 3.75. The molecule has 2 aromatic carbocycles. The van der Waals surface area contributed by atoms with E-state index in [0.717, 1.165) is 31.5 Å². The average molecular weight is 332 g/mol. The maximum atomic E-state index is 12.6. The van der Waals surface area contributed by atoms with E-state index in [2.05, 4.69) is 66.5 Å². The molecule has 1 amide bonds. The fraction of sp³-hybridized carbons (Fsp3) is 0.318. The first-order valence-electron chi connectivity index (χ1n) is 9.10. The van der Waals surface area contributed by atoms with Crippen molar-refractivity contribution in [2.45, 2.75) is 32.1 Å². The first-order chi connectivity index (χ1) is 12.2. The van der Waals surface area contributed by atoms with Gasteiger partial charge in [0.15, 0.2) is 0 Å². The third-order valence-electron chi connectivity index (χ3n) is 5.31. The second kappa shape index (κ2) is 6.75. The minimum Gasteiger partial charge on any atom is -0.358 e. The number of fused-ring (bicyclic) bond motifs is 1. The highest BCUT2D eigenvalue weighted by molar-refractivity contribution is 5.80. The summed E-state index contributed by atoms with van der Waals surface area (Å²) in [6.07, 6.45) is 2.58. The lowest BCUT2D eigenvalue weighted by molar-refractivity contribution is -0.131. The van der Waals surface area contributed by atoms with Crippen LogP contribution in [0.2, 0.25) is 0 Å². The number of para-hydroxylation sites is 1. The number of aromatic amines is 1. The van der Waals surface area contributed by atoms with Gasteiger partial charge in [-0.05, 0) is 42.8 Å². The van der Waals surface area contributed by atoms with Crippen LogP contribution in [-0.4, -0.2) is 28.9 Å². The molecule has 0 saturated carbocycles. The number of H-pyrrole nitrogens is 1. The highest BCUT2D eigenvalue weighted by Crippen LogP contribution is 2.30. The molecule has 1 aromatic heterocycles. The molecular weight excluding hydrogens is 308 g/mol. The van der Waals surface area contributed by atoms with E-state index >= 15 is 0 Å². The van der Waals surface area contributed by atoms with Crippen LogP contribution in [0.5, 0.6) is 0 Å². The first kappa shape index (κ1) is 15.9. The molecule has 1 N–H and O–H groups in total. The average Bonchev–Trinajstić information content (AvgIpc) is 3.08. The number of hydrogen-bond donors (Lipinski definition) is 1.